The van der Waals surface area contributed by atoms with Crippen LogP contribution in [-0.4, -0.2) is 34.9 Å². The quantitative estimate of drug-likeness (QED) is 0.687. The summed E-state index contributed by atoms with van der Waals surface area (Å²) in [5.41, 5.74) is -0.301. The number of alkyl halides is 3. The van der Waals surface area contributed by atoms with Crippen molar-refractivity contribution in [2.45, 2.75) is 64.8 Å². The zero-order chi connectivity index (χ0) is 18.6. The molecule has 1 aliphatic rings. The first-order valence-electron chi connectivity index (χ1n) is 8.72. The zero-order valence-corrected chi connectivity index (χ0v) is 14.9. The number of carbonyl (C=O) groups excluding carboxylic acids is 1. The van der Waals surface area contributed by atoms with Gasteiger partial charge < -0.3 is 10.1 Å². The SMILES string of the molecule is CC(C)OCCCNC(=O)C(C)Cn1nc(C(F)(F)F)cc1C1CC1. The highest BCUT2D eigenvalue weighted by atomic mass is 19.4. The standard InChI is InChI=1S/C17H26F3N3O2/c1-11(2)25-8-4-7-21-16(24)12(3)10-23-14(13-5-6-13)9-15(22-23)17(18,19)20/h9,11-13H,4-8,10H2,1-3H3,(H,21,24). The molecular weight excluding hydrogens is 335 g/mol. The second-order valence-electron chi connectivity index (χ2n) is 6.87. The van der Waals surface area contributed by atoms with Crippen molar-refractivity contribution in [2.75, 3.05) is 13.2 Å². The van der Waals surface area contributed by atoms with Crippen molar-refractivity contribution in [3.63, 3.8) is 0 Å². The van der Waals surface area contributed by atoms with Crippen LogP contribution < -0.4 is 5.32 Å². The fourth-order valence-corrected chi connectivity index (χ4v) is 2.54. The Balaban J connectivity index is 1.88. The molecule has 1 atom stereocenters. The first kappa shape index (κ1) is 19.8. The van der Waals surface area contributed by atoms with Crippen molar-refractivity contribution in [1.29, 1.82) is 0 Å². The van der Waals surface area contributed by atoms with E-state index in [4.69, 9.17) is 4.74 Å². The summed E-state index contributed by atoms with van der Waals surface area (Å²) in [7, 11) is 0. The molecule has 0 aliphatic heterocycles. The fourth-order valence-electron chi connectivity index (χ4n) is 2.54. The van der Waals surface area contributed by atoms with Gasteiger partial charge in [-0.25, -0.2) is 0 Å². The number of aromatic nitrogens is 2. The van der Waals surface area contributed by atoms with Crippen molar-refractivity contribution < 1.29 is 22.7 Å². The lowest BCUT2D eigenvalue weighted by Crippen LogP contribution is -2.33. The average Bonchev–Trinajstić information content (AvgIpc) is 3.26. The van der Waals surface area contributed by atoms with Crippen molar-refractivity contribution in [2.24, 2.45) is 5.92 Å². The summed E-state index contributed by atoms with van der Waals surface area (Å²) in [6.07, 6.45) is -1.86. The highest BCUT2D eigenvalue weighted by Gasteiger charge is 2.38. The molecule has 2 rings (SSSR count). The second-order valence-corrected chi connectivity index (χ2v) is 6.87. The Bertz CT molecular complexity index is 580. The van der Waals surface area contributed by atoms with E-state index in [2.05, 4.69) is 10.4 Å². The van der Waals surface area contributed by atoms with Crippen molar-refractivity contribution in [3.05, 3.63) is 17.5 Å². The summed E-state index contributed by atoms with van der Waals surface area (Å²) in [5, 5.41) is 6.48. The maximum absolute atomic E-state index is 12.9. The Morgan fingerprint density at radius 3 is 2.64 bits per heavy atom. The van der Waals surface area contributed by atoms with Crippen LogP contribution >= 0.6 is 0 Å². The summed E-state index contributed by atoms with van der Waals surface area (Å²) >= 11 is 0. The molecular formula is C17H26F3N3O2. The summed E-state index contributed by atoms with van der Waals surface area (Å²) in [4.78, 5) is 12.1. The molecule has 1 amide bonds. The summed E-state index contributed by atoms with van der Waals surface area (Å²) in [6.45, 7) is 6.78. The Hall–Kier alpha value is -1.57. The summed E-state index contributed by atoms with van der Waals surface area (Å²) < 4.78 is 45.4. The van der Waals surface area contributed by atoms with Crippen LogP contribution in [0.5, 0.6) is 0 Å². The number of rotatable bonds is 9. The van der Waals surface area contributed by atoms with Gasteiger partial charge in [0.05, 0.1) is 18.6 Å². The molecule has 142 valence electrons. The van der Waals surface area contributed by atoms with Gasteiger partial charge in [0, 0.05) is 24.8 Å². The number of hydrogen-bond donors (Lipinski definition) is 1. The molecule has 0 aromatic carbocycles. The molecule has 1 heterocycles. The molecule has 0 saturated heterocycles. The van der Waals surface area contributed by atoms with Crippen LogP contribution in [0.1, 0.15) is 57.3 Å². The van der Waals surface area contributed by atoms with Crippen LogP contribution in [0.4, 0.5) is 13.2 Å². The van der Waals surface area contributed by atoms with Crippen LogP contribution in [0.25, 0.3) is 0 Å². The summed E-state index contributed by atoms with van der Waals surface area (Å²) in [6, 6.07) is 1.12. The van der Waals surface area contributed by atoms with Crippen molar-refractivity contribution in [3.8, 4) is 0 Å². The summed E-state index contributed by atoms with van der Waals surface area (Å²) in [5.74, 6) is -0.508. The minimum absolute atomic E-state index is 0.132. The van der Waals surface area contributed by atoms with Crippen LogP contribution in [0.3, 0.4) is 0 Å². The third kappa shape index (κ3) is 6.02. The molecule has 1 saturated carbocycles. The number of carbonyl (C=O) groups is 1. The predicted octanol–water partition coefficient (Wildman–Crippen LogP) is 3.35. The number of amides is 1. The van der Waals surface area contributed by atoms with E-state index in [-0.39, 0.29) is 24.5 Å². The number of nitrogens with zero attached hydrogens (tertiary/aromatic N) is 2. The van der Waals surface area contributed by atoms with Gasteiger partial charge in [-0.1, -0.05) is 6.92 Å². The van der Waals surface area contributed by atoms with Gasteiger partial charge >= 0.3 is 6.18 Å². The highest BCUT2D eigenvalue weighted by Crippen LogP contribution is 2.42. The second kappa shape index (κ2) is 8.21. The van der Waals surface area contributed by atoms with E-state index >= 15 is 0 Å². The minimum Gasteiger partial charge on any atom is -0.379 e. The molecule has 1 aromatic rings. The van der Waals surface area contributed by atoms with E-state index < -0.39 is 17.8 Å². The molecule has 1 aromatic heterocycles. The molecule has 0 bridgehead atoms. The maximum atomic E-state index is 12.9. The molecule has 5 nitrogen and oxygen atoms in total. The van der Waals surface area contributed by atoms with E-state index in [9.17, 15) is 18.0 Å². The molecule has 1 aliphatic carbocycles. The van der Waals surface area contributed by atoms with Gasteiger partial charge in [0.25, 0.3) is 0 Å². The lowest BCUT2D eigenvalue weighted by molar-refractivity contribution is -0.141. The fraction of sp³-hybridized carbons (Fsp3) is 0.765. The van der Waals surface area contributed by atoms with Gasteiger partial charge in [0.1, 0.15) is 0 Å². The largest absolute Gasteiger partial charge is 0.435 e. The molecule has 25 heavy (non-hydrogen) atoms. The van der Waals surface area contributed by atoms with E-state index in [1.165, 1.54) is 4.68 Å². The molecule has 8 heteroatoms. The van der Waals surface area contributed by atoms with Crippen LogP contribution in [0.15, 0.2) is 6.07 Å². The van der Waals surface area contributed by atoms with Gasteiger partial charge in [0.2, 0.25) is 5.91 Å². The Morgan fingerprint density at radius 2 is 2.08 bits per heavy atom. The van der Waals surface area contributed by atoms with E-state index in [1.54, 1.807) is 6.92 Å². The third-order valence-corrected chi connectivity index (χ3v) is 4.06. The van der Waals surface area contributed by atoms with Gasteiger partial charge in [-0.15, -0.1) is 0 Å². The Kier molecular flexibility index (Phi) is 6.48. The van der Waals surface area contributed by atoms with E-state index in [1.807, 2.05) is 13.8 Å². The van der Waals surface area contributed by atoms with Gasteiger partial charge in [-0.2, -0.15) is 18.3 Å². The van der Waals surface area contributed by atoms with E-state index in [0.29, 0.717) is 25.3 Å². The number of nitrogens with one attached hydrogen (secondary N) is 1. The number of ether oxygens (including phenoxy) is 1. The monoisotopic (exact) mass is 361 g/mol. The third-order valence-electron chi connectivity index (χ3n) is 4.06. The average molecular weight is 361 g/mol. The zero-order valence-electron chi connectivity index (χ0n) is 14.9. The first-order chi connectivity index (χ1) is 11.7. The maximum Gasteiger partial charge on any atom is 0.435 e. The van der Waals surface area contributed by atoms with Crippen LogP contribution in [-0.2, 0) is 22.3 Å². The number of halogens is 3. The number of hydrogen-bond acceptors (Lipinski definition) is 3. The highest BCUT2D eigenvalue weighted by molar-refractivity contribution is 5.78. The molecule has 0 spiro atoms. The van der Waals surface area contributed by atoms with Crippen molar-refractivity contribution in [1.82, 2.24) is 15.1 Å². The van der Waals surface area contributed by atoms with Crippen LogP contribution in [0.2, 0.25) is 0 Å². The van der Waals surface area contributed by atoms with E-state index in [0.717, 1.165) is 18.9 Å². The topological polar surface area (TPSA) is 56.1 Å². The van der Waals surface area contributed by atoms with Gasteiger partial charge in [-0.3, -0.25) is 9.48 Å². The minimum atomic E-state index is -4.46. The van der Waals surface area contributed by atoms with Crippen LogP contribution in [0, 0.1) is 5.92 Å². The molecule has 0 radical (unpaired) electrons. The lowest BCUT2D eigenvalue weighted by Gasteiger charge is -2.14. The molecule has 1 N–H and O–H groups in total. The molecule has 1 fully saturated rings. The Morgan fingerprint density at radius 1 is 1.40 bits per heavy atom. The van der Waals surface area contributed by atoms with Gasteiger partial charge in [0.15, 0.2) is 5.69 Å². The first-order valence-corrected chi connectivity index (χ1v) is 8.72. The lowest BCUT2D eigenvalue weighted by atomic mass is 10.1. The van der Waals surface area contributed by atoms with Crippen molar-refractivity contribution >= 4 is 5.91 Å². The normalized spacial score (nSPS) is 16.3. The predicted molar refractivity (Wildman–Crippen MR) is 87.1 cm³/mol. The smallest absolute Gasteiger partial charge is 0.379 e. The Labute approximate surface area is 145 Å². The van der Waals surface area contributed by atoms with Gasteiger partial charge in [-0.05, 0) is 39.2 Å². The molecule has 1 unspecified atom stereocenters.